The summed E-state index contributed by atoms with van der Waals surface area (Å²) in [4.78, 5) is 19.7. The number of nitrogens with zero attached hydrogens (tertiary/aromatic N) is 2. The fourth-order valence-corrected chi connectivity index (χ4v) is 5.26. The summed E-state index contributed by atoms with van der Waals surface area (Å²) in [5.74, 6) is -1.23. The minimum absolute atomic E-state index is 0.0205. The number of ketones is 1. The molecule has 0 saturated carbocycles. The average Bonchev–Trinajstić information content (AvgIpc) is 2.84. The molecule has 36 heavy (non-hydrogen) atoms. The van der Waals surface area contributed by atoms with Gasteiger partial charge in [-0.1, -0.05) is 31.5 Å². The van der Waals surface area contributed by atoms with Gasteiger partial charge in [0.25, 0.3) is 0 Å². The largest absolute Gasteiger partial charge is 0.507 e. The summed E-state index contributed by atoms with van der Waals surface area (Å²) in [6.07, 6.45) is 4.19. The zero-order valence-corrected chi connectivity index (χ0v) is 20.7. The molecule has 182 valence electrons. The van der Waals surface area contributed by atoms with Crippen LogP contribution in [0.4, 0.5) is 10.1 Å². The number of amidine groups is 1. The second kappa shape index (κ2) is 9.03. The molecule has 2 aromatic carbocycles. The minimum Gasteiger partial charge on any atom is -0.507 e. The summed E-state index contributed by atoms with van der Waals surface area (Å²) < 4.78 is 13.8. The SMILES string of the molecule is CC1(C)CC(=O)C2=C(C1)N(c1ccc(F)cc1)C(=N)/C(=C(/O)c1ccc(Cl)cc1)C2c1cccnc1. The van der Waals surface area contributed by atoms with E-state index >= 15 is 0 Å². The van der Waals surface area contributed by atoms with Crippen molar-refractivity contribution in [3.8, 4) is 0 Å². The number of allylic oxidation sites excluding steroid dienone is 2. The molecule has 0 saturated heterocycles. The highest BCUT2D eigenvalue weighted by Crippen LogP contribution is 2.51. The number of Topliss-reactive ketones (excluding diaryl/α,β-unsaturated/α-hetero) is 1. The Bertz CT molecular complexity index is 1410. The van der Waals surface area contributed by atoms with Crippen molar-refractivity contribution >= 4 is 34.7 Å². The number of hydrogen-bond acceptors (Lipinski definition) is 4. The number of anilines is 1. The number of carbonyl (C=O) groups excluding carboxylic acids is 1. The van der Waals surface area contributed by atoms with Crippen LogP contribution >= 0.6 is 11.6 Å². The van der Waals surface area contributed by atoms with Gasteiger partial charge in [0.2, 0.25) is 0 Å². The molecule has 2 aliphatic rings. The van der Waals surface area contributed by atoms with E-state index in [0.29, 0.717) is 45.9 Å². The van der Waals surface area contributed by atoms with Gasteiger partial charge < -0.3 is 5.11 Å². The Morgan fingerprint density at radius 3 is 2.44 bits per heavy atom. The van der Waals surface area contributed by atoms with E-state index in [2.05, 4.69) is 4.98 Å². The van der Waals surface area contributed by atoms with Gasteiger partial charge in [-0.2, -0.15) is 0 Å². The second-order valence-electron chi connectivity index (χ2n) is 9.95. The van der Waals surface area contributed by atoms with Crippen molar-refractivity contribution in [3.05, 3.63) is 112 Å². The number of aromatic nitrogens is 1. The van der Waals surface area contributed by atoms with Crippen molar-refractivity contribution in [2.24, 2.45) is 5.41 Å². The number of rotatable bonds is 3. The molecular weight excluding hydrogens is 477 g/mol. The highest BCUT2D eigenvalue weighted by Gasteiger charge is 2.46. The van der Waals surface area contributed by atoms with Crippen LogP contribution in [-0.2, 0) is 4.79 Å². The van der Waals surface area contributed by atoms with E-state index in [1.807, 2.05) is 19.9 Å². The number of nitrogens with one attached hydrogen (secondary N) is 1. The summed E-state index contributed by atoms with van der Waals surface area (Å²) in [5, 5.41) is 21.4. The van der Waals surface area contributed by atoms with Crippen LogP contribution in [0.5, 0.6) is 0 Å². The number of benzene rings is 2. The fraction of sp³-hybridized carbons (Fsp3) is 0.207. The van der Waals surface area contributed by atoms with E-state index in [4.69, 9.17) is 11.6 Å². The molecule has 1 aliphatic carbocycles. The molecule has 0 spiro atoms. The molecule has 5 nitrogen and oxygen atoms in total. The number of carbonyl (C=O) groups is 1. The molecular formula is C29H25ClFN3O2. The monoisotopic (exact) mass is 501 g/mol. The van der Waals surface area contributed by atoms with Crippen LogP contribution in [-0.4, -0.2) is 21.7 Å². The zero-order chi connectivity index (χ0) is 25.6. The Morgan fingerprint density at radius 1 is 1.11 bits per heavy atom. The summed E-state index contributed by atoms with van der Waals surface area (Å²) in [5.41, 5.74) is 2.89. The lowest BCUT2D eigenvalue weighted by molar-refractivity contribution is -0.118. The zero-order valence-electron chi connectivity index (χ0n) is 19.9. The molecule has 3 aromatic rings. The topological polar surface area (TPSA) is 77.3 Å². The van der Waals surface area contributed by atoms with Gasteiger partial charge in [0.1, 0.15) is 17.4 Å². The van der Waals surface area contributed by atoms with Crippen LogP contribution in [0.1, 0.15) is 43.7 Å². The van der Waals surface area contributed by atoms with Crippen molar-refractivity contribution in [1.82, 2.24) is 4.98 Å². The lowest BCUT2D eigenvalue weighted by Crippen LogP contribution is -2.45. The van der Waals surface area contributed by atoms with Crippen LogP contribution in [0.25, 0.3) is 5.76 Å². The molecule has 0 bridgehead atoms. The van der Waals surface area contributed by atoms with E-state index < -0.39 is 11.7 Å². The average molecular weight is 502 g/mol. The van der Waals surface area contributed by atoms with Gasteiger partial charge in [-0.15, -0.1) is 0 Å². The highest BCUT2D eigenvalue weighted by atomic mass is 35.5. The third-order valence-corrected chi connectivity index (χ3v) is 6.95. The lowest BCUT2D eigenvalue weighted by Gasteiger charge is -2.45. The molecule has 5 rings (SSSR count). The highest BCUT2D eigenvalue weighted by molar-refractivity contribution is 6.30. The normalized spacial score (nSPS) is 20.9. The molecule has 0 radical (unpaired) electrons. The van der Waals surface area contributed by atoms with Crippen LogP contribution in [0.15, 0.2) is 89.9 Å². The van der Waals surface area contributed by atoms with Crippen molar-refractivity contribution in [1.29, 1.82) is 5.41 Å². The summed E-state index contributed by atoms with van der Waals surface area (Å²) >= 11 is 6.07. The maximum Gasteiger partial charge on any atom is 0.162 e. The second-order valence-corrected chi connectivity index (χ2v) is 10.4. The Hall–Kier alpha value is -3.77. The van der Waals surface area contributed by atoms with Gasteiger partial charge in [0.15, 0.2) is 5.78 Å². The number of aliphatic hydroxyl groups is 1. The molecule has 2 N–H and O–H groups in total. The first-order valence-corrected chi connectivity index (χ1v) is 12.0. The summed E-state index contributed by atoms with van der Waals surface area (Å²) in [7, 11) is 0. The Labute approximate surface area is 214 Å². The molecule has 1 atom stereocenters. The quantitative estimate of drug-likeness (QED) is 0.376. The first kappa shape index (κ1) is 23.9. The predicted molar refractivity (Wildman–Crippen MR) is 140 cm³/mol. The van der Waals surface area contributed by atoms with Crippen LogP contribution in [0.3, 0.4) is 0 Å². The molecule has 7 heteroatoms. The first-order chi connectivity index (χ1) is 17.2. The van der Waals surface area contributed by atoms with Crippen LogP contribution in [0, 0.1) is 16.6 Å². The Balaban J connectivity index is 1.84. The van der Waals surface area contributed by atoms with Gasteiger partial charge in [0.05, 0.1) is 0 Å². The van der Waals surface area contributed by atoms with E-state index in [9.17, 15) is 19.7 Å². The van der Waals surface area contributed by atoms with Crippen LogP contribution in [0.2, 0.25) is 5.02 Å². The Morgan fingerprint density at radius 2 is 1.81 bits per heavy atom. The fourth-order valence-electron chi connectivity index (χ4n) is 5.13. The summed E-state index contributed by atoms with van der Waals surface area (Å²) in [6, 6.07) is 16.1. The van der Waals surface area contributed by atoms with Gasteiger partial charge in [0, 0.05) is 57.8 Å². The summed E-state index contributed by atoms with van der Waals surface area (Å²) in [6.45, 7) is 4.05. The number of pyridine rings is 1. The molecule has 0 amide bonds. The van der Waals surface area contributed by atoms with Crippen molar-refractivity contribution < 1.29 is 14.3 Å². The number of halogens is 2. The first-order valence-electron chi connectivity index (χ1n) is 11.7. The standard InChI is InChI=1S/C29H25ClFN3O2/c1-29(2)14-22-25(23(35)15-29)24(18-4-3-13-33-16-18)26(27(36)17-5-7-19(30)8-6-17)28(32)34(22)21-11-9-20(31)10-12-21/h3-13,16,24,32,36H,14-15H2,1-2H3/b27-26+,32-28?. The van der Waals surface area contributed by atoms with Gasteiger partial charge in [-0.25, -0.2) is 4.39 Å². The van der Waals surface area contributed by atoms with Gasteiger partial charge >= 0.3 is 0 Å². The predicted octanol–water partition coefficient (Wildman–Crippen LogP) is 7.07. The minimum atomic E-state index is -0.683. The van der Waals surface area contributed by atoms with Crippen molar-refractivity contribution in [2.75, 3.05) is 4.90 Å². The third-order valence-electron chi connectivity index (χ3n) is 6.70. The number of hydrogen-bond donors (Lipinski definition) is 2. The van der Waals surface area contributed by atoms with Gasteiger partial charge in [-0.3, -0.25) is 20.1 Å². The maximum absolute atomic E-state index is 13.8. The van der Waals surface area contributed by atoms with Crippen LogP contribution < -0.4 is 4.90 Å². The van der Waals surface area contributed by atoms with E-state index in [1.54, 1.807) is 59.8 Å². The van der Waals surface area contributed by atoms with E-state index in [0.717, 1.165) is 0 Å². The molecule has 0 fully saturated rings. The van der Waals surface area contributed by atoms with E-state index in [1.165, 1.54) is 12.1 Å². The maximum atomic E-state index is 13.8. The molecule has 1 aliphatic heterocycles. The lowest BCUT2D eigenvalue weighted by atomic mass is 9.67. The molecule has 1 aromatic heterocycles. The van der Waals surface area contributed by atoms with Crippen molar-refractivity contribution in [2.45, 2.75) is 32.6 Å². The third kappa shape index (κ3) is 4.22. The van der Waals surface area contributed by atoms with E-state index in [-0.39, 0.29) is 28.4 Å². The molecule has 2 heterocycles. The van der Waals surface area contributed by atoms with Gasteiger partial charge in [-0.05, 0) is 72.0 Å². The smallest absolute Gasteiger partial charge is 0.162 e. The van der Waals surface area contributed by atoms with Crippen molar-refractivity contribution in [3.63, 3.8) is 0 Å². The Kier molecular flexibility index (Phi) is 6.00. The number of aliphatic hydroxyl groups excluding tert-OH is 1. The molecule has 1 unspecified atom stereocenters.